The van der Waals surface area contributed by atoms with E-state index in [9.17, 15) is 10.2 Å². The van der Waals surface area contributed by atoms with E-state index in [1.165, 1.54) is 19.3 Å². The Morgan fingerprint density at radius 2 is 2.00 bits per heavy atom. The maximum absolute atomic E-state index is 10.4. The minimum atomic E-state index is -0.516. The maximum atomic E-state index is 10.4. The van der Waals surface area contributed by atoms with Crippen molar-refractivity contribution in [3.63, 3.8) is 0 Å². The summed E-state index contributed by atoms with van der Waals surface area (Å²) in [6, 6.07) is 4.05. The molecule has 0 aliphatic heterocycles. The summed E-state index contributed by atoms with van der Waals surface area (Å²) in [6.45, 7) is 0. The molecular formula is C14H20N2O2. The van der Waals surface area contributed by atoms with Crippen molar-refractivity contribution in [2.75, 3.05) is 5.73 Å². The first-order valence-corrected chi connectivity index (χ1v) is 6.71. The molecule has 1 saturated carbocycles. The second kappa shape index (κ2) is 4.44. The highest BCUT2D eigenvalue weighted by Gasteiger charge is 2.32. The smallest absolute Gasteiger partial charge is 0.138 e. The maximum Gasteiger partial charge on any atom is 0.138 e. The highest BCUT2D eigenvalue weighted by Crippen LogP contribution is 2.38. The van der Waals surface area contributed by atoms with Gasteiger partial charge in [-0.1, -0.05) is 12.5 Å². The van der Waals surface area contributed by atoms with Crippen LogP contribution in [0.5, 0.6) is 5.75 Å². The number of nitrogen functional groups attached to an aromatic ring is 1. The Kier molecular flexibility index (Phi) is 2.92. The van der Waals surface area contributed by atoms with Gasteiger partial charge in [0.2, 0.25) is 0 Å². The molecule has 2 aliphatic rings. The summed E-state index contributed by atoms with van der Waals surface area (Å²) in [6.07, 6.45) is 4.90. The van der Waals surface area contributed by atoms with E-state index in [0.29, 0.717) is 11.7 Å². The van der Waals surface area contributed by atoms with Crippen LogP contribution in [0.25, 0.3) is 0 Å². The summed E-state index contributed by atoms with van der Waals surface area (Å²) in [5.41, 5.74) is 8.07. The molecule has 1 aromatic carbocycles. The summed E-state index contributed by atoms with van der Waals surface area (Å²) in [4.78, 5) is 0. The van der Waals surface area contributed by atoms with Crippen LogP contribution in [-0.4, -0.2) is 22.3 Å². The number of aliphatic hydroxyl groups is 1. The number of aliphatic hydroxyl groups excluding tert-OH is 1. The molecule has 1 aromatic rings. The van der Waals surface area contributed by atoms with Crippen LogP contribution in [0.1, 0.15) is 42.9 Å². The topological polar surface area (TPSA) is 78.5 Å². The number of rotatable bonds is 2. The first-order chi connectivity index (χ1) is 8.66. The number of phenols is 1. The fourth-order valence-corrected chi connectivity index (χ4v) is 2.95. The van der Waals surface area contributed by atoms with E-state index in [1.807, 2.05) is 0 Å². The number of nitrogens with one attached hydrogen (secondary N) is 1. The van der Waals surface area contributed by atoms with Crippen LogP contribution < -0.4 is 11.1 Å². The molecule has 2 atom stereocenters. The highest BCUT2D eigenvalue weighted by atomic mass is 16.3. The first-order valence-electron chi connectivity index (χ1n) is 6.71. The van der Waals surface area contributed by atoms with Gasteiger partial charge in [-0.05, 0) is 42.9 Å². The lowest BCUT2D eigenvalue weighted by atomic mass is 9.83. The van der Waals surface area contributed by atoms with Crippen LogP contribution in [0, 0.1) is 0 Å². The molecule has 3 rings (SSSR count). The van der Waals surface area contributed by atoms with E-state index in [4.69, 9.17) is 5.73 Å². The van der Waals surface area contributed by atoms with Crippen LogP contribution in [0.4, 0.5) is 5.69 Å². The zero-order chi connectivity index (χ0) is 12.7. The van der Waals surface area contributed by atoms with Crippen molar-refractivity contribution in [3.05, 3.63) is 23.3 Å². The molecule has 0 amide bonds. The summed E-state index contributed by atoms with van der Waals surface area (Å²) < 4.78 is 0. The molecule has 1 fully saturated rings. The molecule has 5 N–H and O–H groups in total. The Balaban J connectivity index is 1.82. The van der Waals surface area contributed by atoms with E-state index < -0.39 is 6.10 Å². The van der Waals surface area contributed by atoms with E-state index >= 15 is 0 Å². The molecule has 4 nitrogen and oxygen atoms in total. The number of nitrogens with two attached hydrogens (primary N) is 1. The molecule has 98 valence electrons. The molecule has 2 unspecified atom stereocenters. The number of hydrogen-bond acceptors (Lipinski definition) is 4. The zero-order valence-corrected chi connectivity index (χ0v) is 10.4. The minimum absolute atomic E-state index is 0.117. The minimum Gasteiger partial charge on any atom is -0.506 e. The second-order valence-corrected chi connectivity index (χ2v) is 5.45. The number of anilines is 1. The van der Waals surface area contributed by atoms with Gasteiger partial charge in [0.1, 0.15) is 5.75 Å². The van der Waals surface area contributed by atoms with Gasteiger partial charge in [0, 0.05) is 12.1 Å². The van der Waals surface area contributed by atoms with Gasteiger partial charge >= 0.3 is 0 Å². The van der Waals surface area contributed by atoms with E-state index in [0.717, 1.165) is 24.0 Å². The lowest BCUT2D eigenvalue weighted by molar-refractivity contribution is 0.0993. The van der Waals surface area contributed by atoms with E-state index in [2.05, 4.69) is 5.32 Å². The highest BCUT2D eigenvalue weighted by molar-refractivity contribution is 5.62. The van der Waals surface area contributed by atoms with Gasteiger partial charge in [-0.15, -0.1) is 0 Å². The van der Waals surface area contributed by atoms with Crippen molar-refractivity contribution in [1.29, 1.82) is 0 Å². The molecule has 0 bridgehead atoms. The van der Waals surface area contributed by atoms with Gasteiger partial charge in [0.15, 0.2) is 0 Å². The van der Waals surface area contributed by atoms with Crippen LogP contribution in [0.15, 0.2) is 12.1 Å². The number of phenolic OH excluding ortho intramolecular Hbond substituents is 1. The number of benzene rings is 1. The lowest BCUT2D eigenvalue weighted by Gasteiger charge is -2.37. The second-order valence-electron chi connectivity index (χ2n) is 5.45. The van der Waals surface area contributed by atoms with Crippen LogP contribution in [-0.2, 0) is 6.42 Å². The molecule has 2 aliphatic carbocycles. The summed E-state index contributed by atoms with van der Waals surface area (Å²) in [5.74, 6) is 0.117. The van der Waals surface area contributed by atoms with Crippen molar-refractivity contribution in [3.8, 4) is 5.75 Å². The van der Waals surface area contributed by atoms with Gasteiger partial charge in [-0.2, -0.15) is 0 Å². The summed E-state index contributed by atoms with van der Waals surface area (Å²) in [7, 11) is 0. The zero-order valence-electron chi connectivity index (χ0n) is 10.4. The average molecular weight is 248 g/mol. The average Bonchev–Trinajstić information content (AvgIpc) is 2.31. The number of hydrogen-bond donors (Lipinski definition) is 4. The van der Waals surface area contributed by atoms with Crippen molar-refractivity contribution in [1.82, 2.24) is 5.32 Å². The fraction of sp³-hybridized carbons (Fsp3) is 0.571. The van der Waals surface area contributed by atoms with Crippen LogP contribution >= 0.6 is 0 Å². The third-order valence-electron chi connectivity index (χ3n) is 4.33. The summed E-state index contributed by atoms with van der Waals surface area (Å²) in [5, 5.41) is 23.5. The molecule has 0 spiro atoms. The Hall–Kier alpha value is -1.26. The Morgan fingerprint density at radius 3 is 2.67 bits per heavy atom. The third-order valence-corrected chi connectivity index (χ3v) is 4.33. The predicted molar refractivity (Wildman–Crippen MR) is 70.4 cm³/mol. The molecule has 0 saturated heterocycles. The van der Waals surface area contributed by atoms with Crippen molar-refractivity contribution in [2.45, 2.75) is 50.3 Å². The standard InChI is InChI=1S/C14H20N2O2/c15-13-9-4-6-11(16-8-2-1-3-8)14(18)10(9)5-7-12(13)17/h5,7-8,11,14,16-18H,1-4,6,15H2. The van der Waals surface area contributed by atoms with Gasteiger partial charge in [-0.3, -0.25) is 0 Å². The van der Waals surface area contributed by atoms with Crippen molar-refractivity contribution >= 4 is 5.69 Å². The summed E-state index contributed by atoms with van der Waals surface area (Å²) >= 11 is 0. The number of fused-ring (bicyclic) bond motifs is 1. The van der Waals surface area contributed by atoms with E-state index in [-0.39, 0.29) is 11.8 Å². The van der Waals surface area contributed by atoms with Gasteiger partial charge in [0.05, 0.1) is 11.8 Å². The van der Waals surface area contributed by atoms with Gasteiger partial charge < -0.3 is 21.3 Å². The fourth-order valence-electron chi connectivity index (χ4n) is 2.95. The SMILES string of the molecule is Nc1c(O)ccc2c1CCC(NC1CCC1)C2O. The Labute approximate surface area is 107 Å². The molecule has 18 heavy (non-hydrogen) atoms. The Morgan fingerprint density at radius 1 is 1.22 bits per heavy atom. The quantitative estimate of drug-likeness (QED) is 0.472. The van der Waals surface area contributed by atoms with Crippen LogP contribution in [0.3, 0.4) is 0 Å². The molecule has 0 heterocycles. The van der Waals surface area contributed by atoms with E-state index in [1.54, 1.807) is 12.1 Å². The molecule has 0 aromatic heterocycles. The van der Waals surface area contributed by atoms with Crippen molar-refractivity contribution in [2.24, 2.45) is 0 Å². The van der Waals surface area contributed by atoms with Gasteiger partial charge in [0.25, 0.3) is 0 Å². The first kappa shape index (κ1) is 11.8. The number of aromatic hydroxyl groups is 1. The molecule has 4 heteroatoms. The van der Waals surface area contributed by atoms with Crippen LogP contribution in [0.2, 0.25) is 0 Å². The van der Waals surface area contributed by atoms with Crippen molar-refractivity contribution < 1.29 is 10.2 Å². The molecular weight excluding hydrogens is 228 g/mol. The Bertz CT molecular complexity index is 457. The molecule has 0 radical (unpaired) electrons. The lowest BCUT2D eigenvalue weighted by Crippen LogP contribution is -2.47. The largest absolute Gasteiger partial charge is 0.506 e. The normalized spacial score (nSPS) is 27.6. The third kappa shape index (κ3) is 1.85. The predicted octanol–water partition coefficient (Wildman–Crippen LogP) is 1.46. The monoisotopic (exact) mass is 248 g/mol. The van der Waals surface area contributed by atoms with Gasteiger partial charge in [-0.25, -0.2) is 0 Å².